The topological polar surface area (TPSA) is 120 Å². The van der Waals surface area contributed by atoms with Gasteiger partial charge >= 0.3 is 5.69 Å². The van der Waals surface area contributed by atoms with Crippen LogP contribution in [0.25, 0.3) is 0 Å². The molecule has 1 amide bonds. The summed E-state index contributed by atoms with van der Waals surface area (Å²) >= 11 is 0. The molecule has 0 saturated heterocycles. The number of anilines is 2. The molecule has 1 aromatic heterocycles. The molecule has 0 aliphatic heterocycles. The van der Waals surface area contributed by atoms with Gasteiger partial charge in [0.05, 0.1) is 20.2 Å². The summed E-state index contributed by atoms with van der Waals surface area (Å²) in [5.74, 6) is 0.497. The number of rotatable bonds is 9. The van der Waals surface area contributed by atoms with E-state index in [0.29, 0.717) is 11.5 Å². The van der Waals surface area contributed by atoms with Crippen molar-refractivity contribution in [2.75, 3.05) is 24.4 Å². The van der Waals surface area contributed by atoms with Crippen molar-refractivity contribution in [3.8, 4) is 11.5 Å². The van der Waals surface area contributed by atoms with Gasteiger partial charge < -0.3 is 15.2 Å². The highest BCUT2D eigenvalue weighted by Gasteiger charge is 2.25. The first kappa shape index (κ1) is 24.3. The Balaban J connectivity index is 1.69. The molecule has 0 spiro atoms. The molecular weight excluding hydrogens is 460 g/mol. The van der Waals surface area contributed by atoms with Crippen LogP contribution in [0.2, 0.25) is 0 Å². The van der Waals surface area contributed by atoms with Gasteiger partial charge in [0.25, 0.3) is 11.5 Å². The molecule has 0 fully saturated rings. The molecule has 4 rings (SSSR count). The Labute approximate surface area is 207 Å². The zero-order valence-electron chi connectivity index (χ0n) is 19.7. The van der Waals surface area contributed by atoms with Gasteiger partial charge in [0.2, 0.25) is 0 Å². The Hall–Kier alpha value is -4.79. The van der Waals surface area contributed by atoms with Crippen molar-refractivity contribution in [2.45, 2.75) is 13.1 Å². The van der Waals surface area contributed by atoms with E-state index in [4.69, 9.17) is 15.2 Å². The van der Waals surface area contributed by atoms with Gasteiger partial charge in [-0.15, -0.1) is 0 Å². The lowest BCUT2D eigenvalue weighted by Gasteiger charge is -2.25. The van der Waals surface area contributed by atoms with E-state index in [1.165, 1.54) is 9.47 Å². The maximum atomic E-state index is 13.4. The summed E-state index contributed by atoms with van der Waals surface area (Å²) in [7, 11) is 1.56. The average molecular weight is 487 g/mol. The van der Waals surface area contributed by atoms with E-state index >= 15 is 0 Å². The van der Waals surface area contributed by atoms with E-state index in [9.17, 15) is 14.4 Å². The highest BCUT2D eigenvalue weighted by Crippen LogP contribution is 2.22. The second kappa shape index (κ2) is 11.1. The zero-order chi connectivity index (χ0) is 25.5. The lowest BCUT2D eigenvalue weighted by molar-refractivity contribution is -0.120. The van der Waals surface area contributed by atoms with Crippen molar-refractivity contribution < 1.29 is 14.3 Å². The maximum absolute atomic E-state index is 13.4. The molecular formula is C27H26N4O5. The summed E-state index contributed by atoms with van der Waals surface area (Å²) in [4.78, 5) is 42.5. The quantitative estimate of drug-likeness (QED) is 0.375. The van der Waals surface area contributed by atoms with Crippen LogP contribution in [0.1, 0.15) is 11.1 Å². The third-order valence-electron chi connectivity index (χ3n) is 5.57. The third kappa shape index (κ3) is 5.64. The number of nitrogens with one attached hydrogen (secondary N) is 1. The van der Waals surface area contributed by atoms with Crippen molar-refractivity contribution in [1.82, 2.24) is 9.55 Å². The summed E-state index contributed by atoms with van der Waals surface area (Å²) in [5.41, 5.74) is 6.42. The Kier molecular flexibility index (Phi) is 7.50. The number of aromatic nitrogens is 2. The van der Waals surface area contributed by atoms with E-state index in [-0.39, 0.29) is 31.2 Å². The molecule has 4 aromatic rings. The van der Waals surface area contributed by atoms with E-state index in [1.807, 2.05) is 60.7 Å². The highest BCUT2D eigenvalue weighted by molar-refractivity contribution is 5.96. The van der Waals surface area contributed by atoms with Crippen LogP contribution in [0.15, 0.2) is 94.5 Å². The van der Waals surface area contributed by atoms with Gasteiger partial charge in [-0.1, -0.05) is 60.7 Å². The standard InChI is InChI=1S/C27H26N4O5/c1-35-21-12-14-22(15-13-21)36-18-23(32)30(16-19-8-4-2-5-9-19)24-25(28)31(27(34)29-26(24)33)17-20-10-6-3-7-11-20/h2-15H,16-18,28H2,1H3,(H,29,33,34). The van der Waals surface area contributed by atoms with Gasteiger partial charge in [-0.05, 0) is 35.4 Å². The van der Waals surface area contributed by atoms with Crippen LogP contribution in [0.4, 0.5) is 11.5 Å². The minimum atomic E-state index is -0.754. The summed E-state index contributed by atoms with van der Waals surface area (Å²) in [6.45, 7) is -0.163. The average Bonchev–Trinajstić information content (AvgIpc) is 2.90. The number of carbonyl (C=O) groups excluding carboxylic acids is 1. The number of nitrogens with zero attached hydrogens (tertiary/aromatic N) is 2. The van der Waals surface area contributed by atoms with Crippen molar-refractivity contribution in [3.63, 3.8) is 0 Å². The first-order valence-corrected chi connectivity index (χ1v) is 11.2. The van der Waals surface area contributed by atoms with E-state index in [0.717, 1.165) is 11.1 Å². The first-order valence-electron chi connectivity index (χ1n) is 11.2. The number of nitrogens with two attached hydrogens (primary N) is 1. The Morgan fingerprint density at radius 2 is 1.47 bits per heavy atom. The number of carbonyl (C=O) groups is 1. The minimum Gasteiger partial charge on any atom is -0.497 e. The number of amides is 1. The molecule has 3 aromatic carbocycles. The van der Waals surface area contributed by atoms with Crippen LogP contribution >= 0.6 is 0 Å². The van der Waals surface area contributed by atoms with Gasteiger partial charge in [-0.25, -0.2) is 4.79 Å². The second-order valence-corrected chi connectivity index (χ2v) is 7.99. The second-order valence-electron chi connectivity index (χ2n) is 7.99. The fraction of sp³-hybridized carbons (Fsp3) is 0.148. The van der Waals surface area contributed by atoms with Crippen LogP contribution in [0.5, 0.6) is 11.5 Å². The Bertz CT molecular complexity index is 1430. The fourth-order valence-electron chi connectivity index (χ4n) is 3.71. The van der Waals surface area contributed by atoms with E-state index in [1.54, 1.807) is 31.4 Å². The number of nitrogen functional groups attached to an aromatic ring is 1. The molecule has 0 radical (unpaired) electrons. The number of H-pyrrole nitrogens is 1. The number of benzene rings is 3. The molecule has 36 heavy (non-hydrogen) atoms. The molecule has 1 heterocycles. The predicted octanol–water partition coefficient (Wildman–Crippen LogP) is 2.79. The van der Waals surface area contributed by atoms with Crippen molar-refractivity contribution >= 4 is 17.4 Å². The maximum Gasteiger partial charge on any atom is 0.330 e. The molecule has 0 aliphatic rings. The van der Waals surface area contributed by atoms with E-state index < -0.39 is 17.2 Å². The van der Waals surface area contributed by atoms with Gasteiger partial charge in [0.1, 0.15) is 17.3 Å². The van der Waals surface area contributed by atoms with Gasteiger partial charge in [0.15, 0.2) is 12.3 Å². The zero-order valence-corrected chi connectivity index (χ0v) is 19.7. The fourth-order valence-corrected chi connectivity index (χ4v) is 3.71. The number of hydrogen-bond donors (Lipinski definition) is 2. The smallest absolute Gasteiger partial charge is 0.330 e. The normalized spacial score (nSPS) is 10.6. The van der Waals surface area contributed by atoms with E-state index in [2.05, 4.69) is 4.98 Å². The molecule has 3 N–H and O–H groups in total. The summed E-state index contributed by atoms with van der Waals surface area (Å²) in [5, 5.41) is 0. The highest BCUT2D eigenvalue weighted by atomic mass is 16.5. The van der Waals surface area contributed by atoms with Gasteiger partial charge in [0, 0.05) is 0 Å². The number of hydrogen-bond acceptors (Lipinski definition) is 6. The summed E-state index contributed by atoms with van der Waals surface area (Å²) in [6.07, 6.45) is 0. The number of aromatic amines is 1. The number of methoxy groups -OCH3 is 1. The van der Waals surface area contributed by atoms with Crippen LogP contribution in [-0.4, -0.2) is 29.2 Å². The molecule has 9 nitrogen and oxygen atoms in total. The molecule has 0 aliphatic carbocycles. The predicted molar refractivity (Wildman–Crippen MR) is 137 cm³/mol. The van der Waals surface area contributed by atoms with Crippen molar-refractivity contribution in [1.29, 1.82) is 0 Å². The lowest BCUT2D eigenvalue weighted by atomic mass is 10.2. The minimum absolute atomic E-state index is 0.0580. The Morgan fingerprint density at radius 3 is 2.08 bits per heavy atom. The van der Waals surface area contributed by atoms with Crippen molar-refractivity contribution in [3.05, 3.63) is 117 Å². The van der Waals surface area contributed by atoms with Crippen LogP contribution in [0, 0.1) is 0 Å². The monoisotopic (exact) mass is 486 g/mol. The molecule has 0 bridgehead atoms. The van der Waals surface area contributed by atoms with Crippen LogP contribution in [0.3, 0.4) is 0 Å². The van der Waals surface area contributed by atoms with Gasteiger partial charge in [-0.3, -0.25) is 24.0 Å². The largest absolute Gasteiger partial charge is 0.497 e. The first-order chi connectivity index (χ1) is 17.5. The van der Waals surface area contributed by atoms with Crippen molar-refractivity contribution in [2.24, 2.45) is 0 Å². The Morgan fingerprint density at radius 1 is 0.889 bits per heavy atom. The van der Waals surface area contributed by atoms with Crippen LogP contribution in [-0.2, 0) is 17.9 Å². The summed E-state index contributed by atoms with van der Waals surface area (Å²) < 4.78 is 12.0. The molecule has 0 atom stereocenters. The van der Waals surface area contributed by atoms with Crippen LogP contribution < -0.4 is 31.4 Å². The molecule has 0 saturated carbocycles. The SMILES string of the molecule is COc1ccc(OCC(=O)N(Cc2ccccc2)c2c(N)n(Cc3ccccc3)c(=O)[nH]c2=O)cc1. The molecule has 184 valence electrons. The summed E-state index contributed by atoms with van der Waals surface area (Å²) in [6, 6.07) is 25.2. The third-order valence-corrected chi connectivity index (χ3v) is 5.57. The lowest BCUT2D eigenvalue weighted by Crippen LogP contribution is -2.42. The van der Waals surface area contributed by atoms with Gasteiger partial charge in [-0.2, -0.15) is 0 Å². The molecule has 0 unspecified atom stereocenters. The molecule has 9 heteroatoms. The number of ether oxygens (including phenoxy) is 2.